The van der Waals surface area contributed by atoms with Crippen LogP contribution >= 0.6 is 15.9 Å². The molecule has 1 unspecified atom stereocenters. The molecule has 1 atom stereocenters. The van der Waals surface area contributed by atoms with E-state index in [2.05, 4.69) is 47.2 Å². The van der Waals surface area contributed by atoms with Crippen molar-refractivity contribution < 1.29 is 4.74 Å². The zero-order chi connectivity index (χ0) is 12.4. The summed E-state index contributed by atoms with van der Waals surface area (Å²) in [6.07, 6.45) is 2.61. The number of nitrogens with one attached hydrogen (secondary N) is 1. The van der Waals surface area contributed by atoms with Crippen LogP contribution in [0.1, 0.15) is 38.3 Å². The van der Waals surface area contributed by atoms with E-state index in [1.165, 1.54) is 18.4 Å². The van der Waals surface area contributed by atoms with Crippen molar-refractivity contribution >= 4 is 15.9 Å². The Morgan fingerprint density at radius 3 is 2.65 bits per heavy atom. The molecule has 2 nitrogen and oxygen atoms in total. The van der Waals surface area contributed by atoms with Crippen molar-refractivity contribution in [1.29, 1.82) is 0 Å². The topological polar surface area (TPSA) is 21.3 Å². The second kappa shape index (κ2) is 5.40. The van der Waals surface area contributed by atoms with Crippen molar-refractivity contribution in [2.24, 2.45) is 5.92 Å². The van der Waals surface area contributed by atoms with Gasteiger partial charge in [-0.25, -0.2) is 0 Å². The lowest BCUT2D eigenvalue weighted by molar-refractivity contribution is 0.226. The van der Waals surface area contributed by atoms with Gasteiger partial charge < -0.3 is 10.1 Å². The highest BCUT2D eigenvalue weighted by molar-refractivity contribution is 9.10. The zero-order valence-electron chi connectivity index (χ0n) is 10.7. The molecule has 94 valence electrons. The lowest BCUT2D eigenvalue weighted by Crippen LogP contribution is -2.41. The molecule has 2 rings (SSSR count). The third-order valence-corrected chi connectivity index (χ3v) is 4.16. The number of benzene rings is 1. The van der Waals surface area contributed by atoms with E-state index in [9.17, 15) is 0 Å². The lowest BCUT2D eigenvalue weighted by Gasteiger charge is -2.35. The van der Waals surface area contributed by atoms with Crippen molar-refractivity contribution in [1.82, 2.24) is 5.32 Å². The van der Waals surface area contributed by atoms with Crippen LogP contribution in [0.2, 0.25) is 0 Å². The Hall–Kier alpha value is -0.540. The first-order valence-electron chi connectivity index (χ1n) is 6.19. The van der Waals surface area contributed by atoms with Gasteiger partial charge in [-0.15, -0.1) is 0 Å². The van der Waals surface area contributed by atoms with Crippen molar-refractivity contribution in [3.63, 3.8) is 0 Å². The van der Waals surface area contributed by atoms with Crippen LogP contribution in [-0.4, -0.2) is 13.2 Å². The molecule has 0 heterocycles. The first kappa shape index (κ1) is 12.9. The Kier molecular flexibility index (Phi) is 4.10. The second-order valence-electron chi connectivity index (χ2n) is 5.06. The number of ether oxygens (including phenoxy) is 1. The van der Waals surface area contributed by atoms with Crippen LogP contribution in [0.5, 0.6) is 5.75 Å². The van der Waals surface area contributed by atoms with Gasteiger partial charge in [0.1, 0.15) is 5.75 Å². The number of hydrogen-bond acceptors (Lipinski definition) is 2. The predicted molar refractivity (Wildman–Crippen MR) is 74.4 cm³/mol. The number of methoxy groups -OCH3 is 1. The maximum absolute atomic E-state index is 5.24. The van der Waals surface area contributed by atoms with Gasteiger partial charge >= 0.3 is 0 Å². The molecule has 0 bridgehead atoms. The SMILES string of the molecule is COc1ccc(C(C)NC2CC(C)C2)cc1Br. The molecule has 0 aliphatic heterocycles. The summed E-state index contributed by atoms with van der Waals surface area (Å²) in [5, 5.41) is 3.67. The van der Waals surface area contributed by atoms with E-state index in [1.807, 2.05) is 6.07 Å². The molecule has 0 saturated heterocycles. The van der Waals surface area contributed by atoms with Crippen molar-refractivity contribution in [2.75, 3.05) is 7.11 Å². The monoisotopic (exact) mass is 297 g/mol. The second-order valence-corrected chi connectivity index (χ2v) is 5.91. The van der Waals surface area contributed by atoms with Gasteiger partial charge in [0.25, 0.3) is 0 Å². The number of hydrogen-bond donors (Lipinski definition) is 1. The predicted octanol–water partition coefficient (Wildman–Crippen LogP) is 3.91. The molecule has 0 aromatic heterocycles. The standard InChI is InChI=1S/C14H20BrNO/c1-9-6-12(7-9)16-10(2)11-4-5-14(17-3)13(15)8-11/h4-5,8-10,12,16H,6-7H2,1-3H3. The van der Waals surface area contributed by atoms with Crippen LogP contribution in [0.3, 0.4) is 0 Å². The highest BCUT2D eigenvalue weighted by atomic mass is 79.9. The van der Waals surface area contributed by atoms with E-state index < -0.39 is 0 Å². The molecular weight excluding hydrogens is 278 g/mol. The van der Waals surface area contributed by atoms with Crippen LogP contribution in [-0.2, 0) is 0 Å². The van der Waals surface area contributed by atoms with Crippen molar-refractivity contribution in [2.45, 2.75) is 38.8 Å². The van der Waals surface area contributed by atoms with E-state index in [0.29, 0.717) is 12.1 Å². The molecule has 1 aromatic carbocycles. The molecule has 17 heavy (non-hydrogen) atoms. The summed E-state index contributed by atoms with van der Waals surface area (Å²) in [5.74, 6) is 1.78. The minimum atomic E-state index is 0.398. The Labute approximate surface area is 112 Å². The summed E-state index contributed by atoms with van der Waals surface area (Å²) < 4.78 is 6.26. The van der Waals surface area contributed by atoms with Gasteiger partial charge in [0.05, 0.1) is 11.6 Å². The minimum Gasteiger partial charge on any atom is -0.496 e. The largest absolute Gasteiger partial charge is 0.496 e. The van der Waals surface area contributed by atoms with Gasteiger partial charge in [-0.05, 0) is 59.3 Å². The number of rotatable bonds is 4. The third-order valence-electron chi connectivity index (χ3n) is 3.54. The zero-order valence-corrected chi connectivity index (χ0v) is 12.3. The molecule has 1 aliphatic rings. The van der Waals surface area contributed by atoms with E-state index in [-0.39, 0.29) is 0 Å². The van der Waals surface area contributed by atoms with Crippen LogP contribution in [0.25, 0.3) is 0 Å². The Morgan fingerprint density at radius 1 is 1.41 bits per heavy atom. The molecule has 1 saturated carbocycles. The summed E-state index contributed by atoms with van der Waals surface area (Å²) in [6.45, 7) is 4.53. The normalized spacial score (nSPS) is 25.2. The van der Waals surface area contributed by atoms with Gasteiger partial charge in [-0.1, -0.05) is 13.0 Å². The summed E-state index contributed by atoms with van der Waals surface area (Å²) in [6, 6.07) is 7.37. The number of halogens is 1. The van der Waals surface area contributed by atoms with Gasteiger partial charge in [-0.3, -0.25) is 0 Å². The highest BCUT2D eigenvalue weighted by Crippen LogP contribution is 2.31. The first-order valence-corrected chi connectivity index (χ1v) is 6.99. The van der Waals surface area contributed by atoms with Crippen LogP contribution < -0.4 is 10.1 Å². The lowest BCUT2D eigenvalue weighted by atomic mass is 9.81. The summed E-state index contributed by atoms with van der Waals surface area (Å²) in [7, 11) is 1.69. The highest BCUT2D eigenvalue weighted by Gasteiger charge is 2.26. The fourth-order valence-electron chi connectivity index (χ4n) is 2.44. The summed E-state index contributed by atoms with van der Waals surface area (Å²) in [4.78, 5) is 0. The Morgan fingerprint density at radius 2 is 2.12 bits per heavy atom. The first-order chi connectivity index (χ1) is 8.10. The molecule has 1 aliphatic carbocycles. The van der Waals surface area contributed by atoms with Crippen molar-refractivity contribution in [3.05, 3.63) is 28.2 Å². The molecule has 0 radical (unpaired) electrons. The van der Waals surface area contributed by atoms with Gasteiger partial charge in [-0.2, -0.15) is 0 Å². The van der Waals surface area contributed by atoms with Gasteiger partial charge in [0, 0.05) is 12.1 Å². The average molecular weight is 298 g/mol. The summed E-state index contributed by atoms with van der Waals surface area (Å²) in [5.41, 5.74) is 1.30. The summed E-state index contributed by atoms with van der Waals surface area (Å²) >= 11 is 3.53. The van der Waals surface area contributed by atoms with E-state index in [0.717, 1.165) is 16.1 Å². The van der Waals surface area contributed by atoms with E-state index in [1.54, 1.807) is 7.11 Å². The van der Waals surface area contributed by atoms with E-state index >= 15 is 0 Å². The smallest absolute Gasteiger partial charge is 0.133 e. The minimum absolute atomic E-state index is 0.398. The maximum Gasteiger partial charge on any atom is 0.133 e. The third kappa shape index (κ3) is 3.02. The molecule has 3 heteroatoms. The molecule has 1 N–H and O–H groups in total. The van der Waals surface area contributed by atoms with Crippen LogP contribution in [0, 0.1) is 5.92 Å². The average Bonchev–Trinajstić information content (AvgIpc) is 2.26. The Balaban J connectivity index is 1.99. The van der Waals surface area contributed by atoms with Gasteiger partial charge in [0.15, 0.2) is 0 Å². The maximum atomic E-state index is 5.24. The molecule has 0 amide bonds. The van der Waals surface area contributed by atoms with Crippen LogP contribution in [0.15, 0.2) is 22.7 Å². The van der Waals surface area contributed by atoms with Gasteiger partial charge in [0.2, 0.25) is 0 Å². The molecular formula is C14H20BrNO. The molecule has 0 spiro atoms. The quantitative estimate of drug-likeness (QED) is 0.910. The molecule has 1 aromatic rings. The fraction of sp³-hybridized carbons (Fsp3) is 0.571. The van der Waals surface area contributed by atoms with Crippen LogP contribution in [0.4, 0.5) is 0 Å². The van der Waals surface area contributed by atoms with Crippen molar-refractivity contribution in [3.8, 4) is 5.75 Å². The molecule has 1 fully saturated rings. The Bertz CT molecular complexity index is 388. The van der Waals surface area contributed by atoms with E-state index in [4.69, 9.17) is 4.74 Å². The fourth-order valence-corrected chi connectivity index (χ4v) is 3.00.